The fraction of sp³-hybridized carbons (Fsp3) is 0. The summed E-state index contributed by atoms with van der Waals surface area (Å²) < 4.78 is 43.3. The Morgan fingerprint density at radius 1 is 1.30 bits per heavy atom. The van der Waals surface area contributed by atoms with Gasteiger partial charge in [0.05, 0.1) is 1.37 Å². The van der Waals surface area contributed by atoms with Gasteiger partial charge in [0.1, 0.15) is 5.75 Å². The summed E-state index contributed by atoms with van der Waals surface area (Å²) in [4.78, 5) is 0. The second-order valence-electron chi connectivity index (χ2n) is 1.63. The molecule has 1 nitrogen and oxygen atoms in total. The van der Waals surface area contributed by atoms with E-state index in [0.717, 1.165) is 0 Å². The molecule has 0 radical (unpaired) electrons. The first kappa shape index (κ1) is 5.58. The molecule has 1 aromatic rings. The van der Waals surface area contributed by atoms with Crippen LogP contribution in [0.3, 0.4) is 0 Å². The van der Waals surface area contributed by atoms with Gasteiger partial charge in [-0.15, -0.1) is 0 Å². The zero-order valence-corrected chi connectivity index (χ0v) is 4.66. The standard InChI is InChI=1S/C6H3F3O/c7-4-1-3(10)2-5(8)6(4)9/h1-2,10H/i1D. The topological polar surface area (TPSA) is 20.2 Å². The summed E-state index contributed by atoms with van der Waals surface area (Å²) in [5, 5.41) is 8.57. The summed E-state index contributed by atoms with van der Waals surface area (Å²) >= 11 is 0. The molecule has 0 aliphatic carbocycles. The fourth-order valence-corrected chi connectivity index (χ4v) is 0.492. The van der Waals surface area contributed by atoms with Crippen LogP contribution in [0.5, 0.6) is 5.75 Å². The minimum atomic E-state index is -1.74. The highest BCUT2D eigenvalue weighted by atomic mass is 19.2. The monoisotopic (exact) mass is 149 g/mol. The average Bonchev–Trinajstić information content (AvgIpc) is 1.97. The molecular formula is C6H3F3O. The third kappa shape index (κ3) is 1.05. The first-order chi connectivity index (χ1) is 5.04. The van der Waals surface area contributed by atoms with E-state index in [1.807, 2.05) is 0 Å². The first-order valence-electron chi connectivity index (χ1n) is 2.87. The number of halogens is 3. The van der Waals surface area contributed by atoms with Crippen molar-refractivity contribution >= 4 is 0 Å². The van der Waals surface area contributed by atoms with Crippen LogP contribution in [0, 0.1) is 17.5 Å². The Kier molecular flexibility index (Phi) is 1.23. The van der Waals surface area contributed by atoms with Gasteiger partial charge in [0.2, 0.25) is 0 Å². The molecule has 1 aromatic carbocycles. The van der Waals surface area contributed by atoms with Crippen molar-refractivity contribution in [3.63, 3.8) is 0 Å². The molecule has 10 heavy (non-hydrogen) atoms. The van der Waals surface area contributed by atoms with E-state index in [9.17, 15) is 13.2 Å². The van der Waals surface area contributed by atoms with Crippen molar-refractivity contribution in [2.75, 3.05) is 0 Å². The summed E-state index contributed by atoms with van der Waals surface area (Å²) in [6.45, 7) is 0. The Morgan fingerprint density at radius 3 is 2.50 bits per heavy atom. The van der Waals surface area contributed by atoms with Crippen LogP contribution in [0.2, 0.25) is 0 Å². The summed E-state index contributed by atoms with van der Waals surface area (Å²) in [5.41, 5.74) is 0. The normalized spacial score (nSPS) is 11.3. The van der Waals surface area contributed by atoms with Crippen LogP contribution in [-0.2, 0) is 0 Å². The largest absolute Gasteiger partial charge is 0.508 e. The SMILES string of the molecule is [2H]c1c(O)cc(F)c(F)c1F. The highest BCUT2D eigenvalue weighted by Crippen LogP contribution is 2.17. The summed E-state index contributed by atoms with van der Waals surface area (Å²) in [5.74, 6) is -5.84. The van der Waals surface area contributed by atoms with E-state index in [1.54, 1.807) is 0 Å². The van der Waals surface area contributed by atoms with E-state index in [1.165, 1.54) is 0 Å². The molecular weight excluding hydrogens is 145 g/mol. The van der Waals surface area contributed by atoms with Crippen LogP contribution < -0.4 is 0 Å². The van der Waals surface area contributed by atoms with Crippen LogP contribution in [0.4, 0.5) is 13.2 Å². The minimum absolute atomic E-state index is 0.348. The number of phenols is 1. The molecule has 0 amide bonds. The lowest BCUT2D eigenvalue weighted by Gasteiger charge is -1.94. The van der Waals surface area contributed by atoms with Gasteiger partial charge in [-0.3, -0.25) is 0 Å². The van der Waals surface area contributed by atoms with E-state index in [0.29, 0.717) is 6.07 Å². The van der Waals surface area contributed by atoms with Gasteiger partial charge < -0.3 is 5.11 Å². The van der Waals surface area contributed by atoms with Gasteiger partial charge in [-0.1, -0.05) is 0 Å². The summed E-state index contributed by atoms with van der Waals surface area (Å²) in [6, 6.07) is -0.690. The van der Waals surface area contributed by atoms with Crippen molar-refractivity contribution in [3.8, 4) is 5.75 Å². The molecule has 1 N–H and O–H groups in total. The van der Waals surface area contributed by atoms with Crippen LogP contribution in [0.25, 0.3) is 0 Å². The molecule has 0 fully saturated rings. The number of benzene rings is 1. The van der Waals surface area contributed by atoms with Crippen molar-refractivity contribution in [2.45, 2.75) is 0 Å². The number of phenolic OH excluding ortho intramolecular Hbond substituents is 1. The molecule has 0 spiro atoms. The average molecular weight is 149 g/mol. The maximum absolute atomic E-state index is 12.3. The van der Waals surface area contributed by atoms with Crippen molar-refractivity contribution in [1.82, 2.24) is 0 Å². The molecule has 0 aromatic heterocycles. The molecule has 0 saturated heterocycles. The molecule has 0 unspecified atom stereocenters. The maximum Gasteiger partial charge on any atom is 0.194 e. The number of hydrogen-bond acceptors (Lipinski definition) is 1. The predicted octanol–water partition coefficient (Wildman–Crippen LogP) is 1.81. The van der Waals surface area contributed by atoms with Crippen molar-refractivity contribution in [3.05, 3.63) is 29.6 Å². The smallest absolute Gasteiger partial charge is 0.194 e. The molecule has 0 bridgehead atoms. The van der Waals surface area contributed by atoms with E-state index < -0.39 is 29.2 Å². The number of hydrogen-bond donors (Lipinski definition) is 1. The summed E-state index contributed by atoms with van der Waals surface area (Å²) in [6.07, 6.45) is 0. The zero-order valence-electron chi connectivity index (χ0n) is 5.66. The zero-order chi connectivity index (χ0) is 8.59. The fourth-order valence-electron chi connectivity index (χ4n) is 0.492. The van der Waals surface area contributed by atoms with E-state index in [-0.39, 0.29) is 0 Å². The lowest BCUT2D eigenvalue weighted by molar-refractivity contribution is 0.419. The van der Waals surface area contributed by atoms with Gasteiger partial charge >= 0.3 is 0 Å². The lowest BCUT2D eigenvalue weighted by atomic mass is 10.3. The highest BCUT2D eigenvalue weighted by Gasteiger charge is 2.08. The minimum Gasteiger partial charge on any atom is -0.508 e. The second-order valence-corrected chi connectivity index (χ2v) is 1.63. The van der Waals surface area contributed by atoms with Crippen LogP contribution in [-0.4, -0.2) is 5.11 Å². The van der Waals surface area contributed by atoms with Gasteiger partial charge in [-0.25, -0.2) is 13.2 Å². The van der Waals surface area contributed by atoms with Crippen LogP contribution in [0.1, 0.15) is 1.37 Å². The van der Waals surface area contributed by atoms with Gasteiger partial charge in [0, 0.05) is 12.1 Å². The molecule has 54 valence electrons. The Morgan fingerprint density at radius 2 is 1.90 bits per heavy atom. The van der Waals surface area contributed by atoms with Gasteiger partial charge in [-0.05, 0) is 0 Å². The Hall–Kier alpha value is -1.19. The van der Waals surface area contributed by atoms with Crippen molar-refractivity contribution < 1.29 is 19.6 Å². The van der Waals surface area contributed by atoms with Gasteiger partial charge in [-0.2, -0.15) is 0 Å². The van der Waals surface area contributed by atoms with Gasteiger partial charge in [0.15, 0.2) is 17.5 Å². The predicted molar refractivity (Wildman–Crippen MR) is 28.0 cm³/mol. The lowest BCUT2D eigenvalue weighted by Crippen LogP contribution is -1.88. The molecule has 1 rings (SSSR count). The van der Waals surface area contributed by atoms with E-state index >= 15 is 0 Å². The quantitative estimate of drug-likeness (QED) is 0.557. The van der Waals surface area contributed by atoms with Crippen LogP contribution >= 0.6 is 0 Å². The van der Waals surface area contributed by atoms with Crippen molar-refractivity contribution in [2.24, 2.45) is 0 Å². The third-order valence-electron chi connectivity index (χ3n) is 0.904. The van der Waals surface area contributed by atoms with Crippen molar-refractivity contribution in [1.29, 1.82) is 0 Å². The molecule has 0 aliphatic rings. The van der Waals surface area contributed by atoms with Crippen LogP contribution in [0.15, 0.2) is 12.1 Å². The molecule has 0 aliphatic heterocycles. The summed E-state index contributed by atoms with van der Waals surface area (Å²) in [7, 11) is 0. The number of rotatable bonds is 0. The third-order valence-corrected chi connectivity index (χ3v) is 0.904. The molecule has 0 saturated carbocycles. The molecule has 0 atom stereocenters. The molecule has 4 heteroatoms. The second kappa shape index (κ2) is 2.21. The number of aromatic hydroxyl groups is 1. The Bertz CT molecular complexity index is 274. The Balaban J connectivity index is 3.46. The Labute approximate surface area is 56.1 Å². The van der Waals surface area contributed by atoms with E-state index in [4.69, 9.17) is 6.48 Å². The van der Waals surface area contributed by atoms with E-state index in [2.05, 4.69) is 0 Å². The van der Waals surface area contributed by atoms with Gasteiger partial charge in [0.25, 0.3) is 0 Å². The first-order valence-corrected chi connectivity index (χ1v) is 2.37. The molecule has 0 heterocycles. The maximum atomic E-state index is 12.3. The highest BCUT2D eigenvalue weighted by molar-refractivity contribution is 5.23.